The smallest absolute Gasteiger partial charge is 0.292 e. The van der Waals surface area contributed by atoms with Crippen LogP contribution in [0.3, 0.4) is 0 Å². The Hall–Kier alpha value is -2.43. The van der Waals surface area contributed by atoms with Gasteiger partial charge in [0.1, 0.15) is 11.5 Å². The number of rotatable bonds is 4. The number of anilines is 1. The maximum atomic E-state index is 12.9. The average Bonchev–Trinajstić information content (AvgIpc) is 2.43. The Morgan fingerprint density at radius 2 is 1.71 bits per heavy atom. The van der Waals surface area contributed by atoms with Crippen LogP contribution in [0.2, 0.25) is 0 Å². The lowest BCUT2D eigenvalue weighted by molar-refractivity contribution is -0.384. The van der Waals surface area contributed by atoms with Crippen molar-refractivity contribution in [3.63, 3.8) is 0 Å². The molecular formula is C16H17FN2O2. The lowest BCUT2D eigenvalue weighted by atomic mass is 10.1. The molecule has 2 rings (SSSR count). The predicted molar refractivity (Wildman–Crippen MR) is 81.0 cm³/mol. The van der Waals surface area contributed by atoms with Crippen LogP contribution in [0.25, 0.3) is 0 Å². The highest BCUT2D eigenvalue weighted by Crippen LogP contribution is 2.31. The Labute approximate surface area is 122 Å². The van der Waals surface area contributed by atoms with Crippen LogP contribution in [0, 0.1) is 29.8 Å². The minimum Gasteiger partial charge on any atom is -0.373 e. The number of benzene rings is 2. The minimum atomic E-state index is -0.397. The van der Waals surface area contributed by atoms with Crippen molar-refractivity contribution in [1.29, 1.82) is 0 Å². The number of hydrogen-bond donors (Lipinski definition) is 1. The van der Waals surface area contributed by atoms with Crippen LogP contribution in [0.5, 0.6) is 0 Å². The first kappa shape index (κ1) is 15.0. The number of nitrogens with one attached hydrogen (secondary N) is 1. The van der Waals surface area contributed by atoms with Crippen LogP contribution in [-0.2, 0) is 0 Å². The van der Waals surface area contributed by atoms with Crippen molar-refractivity contribution in [2.24, 2.45) is 0 Å². The molecule has 4 nitrogen and oxygen atoms in total. The SMILES string of the molecule is Cc1cc(NC(C)c2ccc(F)cc2)c([N+](=O)[O-])cc1C. The lowest BCUT2D eigenvalue weighted by Crippen LogP contribution is -2.09. The van der Waals surface area contributed by atoms with Crippen molar-refractivity contribution in [1.82, 2.24) is 0 Å². The van der Waals surface area contributed by atoms with Gasteiger partial charge in [-0.15, -0.1) is 0 Å². The summed E-state index contributed by atoms with van der Waals surface area (Å²) in [4.78, 5) is 10.8. The predicted octanol–water partition coefficient (Wildman–Crippen LogP) is 4.52. The standard InChI is InChI=1S/C16H17FN2O2/c1-10-8-15(16(19(20)21)9-11(10)2)18-12(3)13-4-6-14(17)7-5-13/h4-9,12,18H,1-3H3. The summed E-state index contributed by atoms with van der Waals surface area (Å²) in [6.45, 7) is 5.63. The summed E-state index contributed by atoms with van der Waals surface area (Å²) >= 11 is 0. The zero-order chi connectivity index (χ0) is 15.6. The van der Waals surface area contributed by atoms with Gasteiger partial charge in [0.15, 0.2) is 0 Å². The summed E-state index contributed by atoms with van der Waals surface area (Å²) in [5.74, 6) is -0.303. The Kier molecular flexibility index (Phi) is 4.21. The van der Waals surface area contributed by atoms with E-state index in [4.69, 9.17) is 0 Å². The first-order valence-electron chi connectivity index (χ1n) is 6.66. The van der Waals surface area contributed by atoms with E-state index in [1.807, 2.05) is 20.8 Å². The fraction of sp³-hybridized carbons (Fsp3) is 0.250. The maximum absolute atomic E-state index is 12.9. The molecule has 0 aliphatic heterocycles. The van der Waals surface area contributed by atoms with Gasteiger partial charge in [0.2, 0.25) is 0 Å². The quantitative estimate of drug-likeness (QED) is 0.664. The molecule has 2 aromatic rings. The number of nitro groups is 1. The molecule has 2 aromatic carbocycles. The zero-order valence-electron chi connectivity index (χ0n) is 12.2. The van der Waals surface area contributed by atoms with Gasteiger partial charge in [-0.1, -0.05) is 12.1 Å². The molecular weight excluding hydrogens is 271 g/mol. The molecule has 0 aliphatic carbocycles. The van der Waals surface area contributed by atoms with Gasteiger partial charge in [-0.3, -0.25) is 10.1 Å². The van der Waals surface area contributed by atoms with Crippen molar-refractivity contribution in [2.75, 3.05) is 5.32 Å². The zero-order valence-corrected chi connectivity index (χ0v) is 12.2. The third-order valence-corrected chi connectivity index (χ3v) is 3.55. The number of nitro benzene ring substituents is 1. The molecule has 0 aromatic heterocycles. The van der Waals surface area contributed by atoms with Crippen molar-refractivity contribution < 1.29 is 9.31 Å². The molecule has 0 amide bonds. The minimum absolute atomic E-state index is 0.0482. The second kappa shape index (κ2) is 5.91. The Bertz CT molecular complexity index is 669. The Balaban J connectivity index is 2.32. The lowest BCUT2D eigenvalue weighted by Gasteiger charge is -2.17. The fourth-order valence-corrected chi connectivity index (χ4v) is 2.14. The van der Waals surface area contributed by atoms with Crippen LogP contribution in [0.1, 0.15) is 29.7 Å². The maximum Gasteiger partial charge on any atom is 0.292 e. The van der Waals surface area contributed by atoms with Crippen molar-refractivity contribution in [2.45, 2.75) is 26.8 Å². The molecule has 110 valence electrons. The van der Waals surface area contributed by atoms with Crippen molar-refractivity contribution >= 4 is 11.4 Å². The van der Waals surface area contributed by atoms with E-state index in [2.05, 4.69) is 5.32 Å². The van der Waals surface area contributed by atoms with Crippen LogP contribution < -0.4 is 5.32 Å². The molecule has 0 saturated heterocycles. The molecule has 0 spiro atoms. The Morgan fingerprint density at radius 1 is 1.14 bits per heavy atom. The number of nitrogens with zero attached hydrogens (tertiary/aromatic N) is 1. The summed E-state index contributed by atoms with van der Waals surface area (Å²) in [6, 6.07) is 9.26. The summed E-state index contributed by atoms with van der Waals surface area (Å²) in [7, 11) is 0. The first-order valence-corrected chi connectivity index (χ1v) is 6.66. The highest BCUT2D eigenvalue weighted by molar-refractivity contribution is 5.65. The highest BCUT2D eigenvalue weighted by Gasteiger charge is 2.17. The van der Waals surface area contributed by atoms with Crippen LogP contribution >= 0.6 is 0 Å². The van der Waals surface area contributed by atoms with Gasteiger partial charge in [-0.05, 0) is 55.7 Å². The summed E-state index contributed by atoms with van der Waals surface area (Å²) in [5.41, 5.74) is 3.24. The molecule has 0 bridgehead atoms. The van der Waals surface area contributed by atoms with E-state index in [1.54, 1.807) is 24.3 Å². The van der Waals surface area contributed by atoms with Crippen LogP contribution in [0.15, 0.2) is 36.4 Å². The topological polar surface area (TPSA) is 55.2 Å². The number of aryl methyl sites for hydroxylation is 2. The molecule has 21 heavy (non-hydrogen) atoms. The van der Waals surface area contributed by atoms with E-state index in [1.165, 1.54) is 12.1 Å². The molecule has 5 heteroatoms. The molecule has 0 radical (unpaired) electrons. The van der Waals surface area contributed by atoms with Crippen LogP contribution in [0.4, 0.5) is 15.8 Å². The van der Waals surface area contributed by atoms with Gasteiger partial charge in [-0.2, -0.15) is 0 Å². The molecule has 0 fully saturated rings. The summed E-state index contributed by atoms with van der Waals surface area (Å²) < 4.78 is 12.9. The fourth-order valence-electron chi connectivity index (χ4n) is 2.14. The average molecular weight is 288 g/mol. The van der Waals surface area contributed by atoms with Gasteiger partial charge in [-0.25, -0.2) is 4.39 Å². The largest absolute Gasteiger partial charge is 0.373 e. The van der Waals surface area contributed by atoms with E-state index < -0.39 is 4.92 Å². The van der Waals surface area contributed by atoms with Crippen molar-refractivity contribution in [3.8, 4) is 0 Å². The van der Waals surface area contributed by atoms with E-state index in [0.717, 1.165) is 16.7 Å². The van der Waals surface area contributed by atoms with E-state index in [-0.39, 0.29) is 17.5 Å². The first-order chi connectivity index (χ1) is 9.88. The molecule has 1 N–H and O–H groups in total. The summed E-state index contributed by atoms with van der Waals surface area (Å²) in [5, 5.41) is 14.3. The normalized spacial score (nSPS) is 12.0. The monoisotopic (exact) mass is 288 g/mol. The van der Waals surface area contributed by atoms with Gasteiger partial charge >= 0.3 is 0 Å². The van der Waals surface area contributed by atoms with E-state index >= 15 is 0 Å². The van der Waals surface area contributed by atoms with Crippen LogP contribution in [-0.4, -0.2) is 4.92 Å². The second-order valence-electron chi connectivity index (χ2n) is 5.13. The number of halogens is 1. The van der Waals surface area contributed by atoms with Gasteiger partial charge in [0.05, 0.1) is 4.92 Å². The van der Waals surface area contributed by atoms with Gasteiger partial charge in [0.25, 0.3) is 5.69 Å². The third-order valence-electron chi connectivity index (χ3n) is 3.55. The number of hydrogen-bond acceptors (Lipinski definition) is 3. The highest BCUT2D eigenvalue weighted by atomic mass is 19.1. The second-order valence-corrected chi connectivity index (χ2v) is 5.13. The molecule has 1 unspecified atom stereocenters. The molecule has 0 aliphatic rings. The molecule has 0 saturated carbocycles. The molecule has 0 heterocycles. The Morgan fingerprint density at radius 3 is 2.29 bits per heavy atom. The van der Waals surface area contributed by atoms with E-state index in [9.17, 15) is 14.5 Å². The molecule has 1 atom stereocenters. The van der Waals surface area contributed by atoms with Crippen molar-refractivity contribution in [3.05, 3.63) is 69.0 Å². The van der Waals surface area contributed by atoms with Gasteiger partial charge in [0, 0.05) is 12.1 Å². The third kappa shape index (κ3) is 3.37. The summed E-state index contributed by atoms with van der Waals surface area (Å²) in [6.07, 6.45) is 0. The van der Waals surface area contributed by atoms with E-state index in [0.29, 0.717) is 5.69 Å². The van der Waals surface area contributed by atoms with Gasteiger partial charge < -0.3 is 5.32 Å².